The van der Waals surface area contributed by atoms with E-state index in [4.69, 9.17) is 11.6 Å². The van der Waals surface area contributed by atoms with E-state index in [0.717, 1.165) is 30.2 Å². The molecule has 0 fully saturated rings. The minimum absolute atomic E-state index is 0.710. The van der Waals surface area contributed by atoms with Crippen molar-refractivity contribution >= 4 is 38.3 Å². The van der Waals surface area contributed by atoms with Crippen molar-refractivity contribution in [2.24, 2.45) is 0 Å². The predicted octanol–water partition coefficient (Wildman–Crippen LogP) is 3.75. The van der Waals surface area contributed by atoms with Crippen molar-refractivity contribution in [1.29, 1.82) is 0 Å². The zero-order valence-corrected chi connectivity index (χ0v) is 10.9. The Morgan fingerprint density at radius 3 is 2.88 bits per heavy atom. The minimum atomic E-state index is 0.710. The summed E-state index contributed by atoms with van der Waals surface area (Å²) in [6.07, 6.45) is 1.01. The van der Waals surface area contributed by atoms with E-state index < -0.39 is 0 Å². The van der Waals surface area contributed by atoms with Crippen molar-refractivity contribution in [2.45, 2.75) is 13.3 Å². The van der Waals surface area contributed by atoms with Crippen LogP contribution >= 0.6 is 22.9 Å². The highest BCUT2D eigenvalue weighted by molar-refractivity contribution is 7.22. The van der Waals surface area contributed by atoms with E-state index in [-0.39, 0.29) is 0 Å². The van der Waals surface area contributed by atoms with Crippen molar-refractivity contribution in [1.82, 2.24) is 4.98 Å². The first-order chi connectivity index (χ1) is 7.85. The molecular weight excluding hydrogens is 240 g/mol. The lowest BCUT2D eigenvalue weighted by Crippen LogP contribution is -2.23. The van der Waals surface area contributed by atoms with Gasteiger partial charge in [0.25, 0.3) is 0 Å². The number of hydrogen-bond acceptors (Lipinski definition) is 3. The van der Waals surface area contributed by atoms with Crippen molar-refractivity contribution < 1.29 is 0 Å². The van der Waals surface area contributed by atoms with Crippen LogP contribution in [-0.2, 0) is 0 Å². The predicted molar refractivity (Wildman–Crippen MR) is 72.8 cm³/mol. The summed E-state index contributed by atoms with van der Waals surface area (Å²) in [7, 11) is 0. The van der Waals surface area contributed by atoms with Gasteiger partial charge in [-0.15, -0.1) is 11.6 Å². The van der Waals surface area contributed by atoms with Crippen LogP contribution in [0.4, 0.5) is 5.13 Å². The number of hydrogen-bond donors (Lipinski definition) is 0. The van der Waals surface area contributed by atoms with E-state index in [2.05, 4.69) is 35.0 Å². The fourth-order valence-electron chi connectivity index (χ4n) is 1.63. The average Bonchev–Trinajstić information content (AvgIpc) is 2.73. The molecule has 2 rings (SSSR count). The number of halogens is 1. The van der Waals surface area contributed by atoms with E-state index in [9.17, 15) is 0 Å². The molecule has 0 N–H and O–H groups in total. The first-order valence-corrected chi connectivity index (χ1v) is 6.86. The highest BCUT2D eigenvalue weighted by Crippen LogP contribution is 2.28. The first kappa shape index (κ1) is 11.7. The van der Waals surface area contributed by atoms with Gasteiger partial charge in [0, 0.05) is 19.0 Å². The van der Waals surface area contributed by atoms with Crippen LogP contribution in [0.3, 0.4) is 0 Å². The highest BCUT2D eigenvalue weighted by atomic mass is 35.5. The summed E-state index contributed by atoms with van der Waals surface area (Å²) in [5.74, 6) is 0.710. The smallest absolute Gasteiger partial charge is 0.186 e. The lowest BCUT2D eigenvalue weighted by Gasteiger charge is -2.18. The van der Waals surface area contributed by atoms with Crippen LogP contribution in [0.25, 0.3) is 10.2 Å². The van der Waals surface area contributed by atoms with Gasteiger partial charge in [-0.1, -0.05) is 23.5 Å². The molecule has 1 aromatic carbocycles. The summed E-state index contributed by atoms with van der Waals surface area (Å²) >= 11 is 7.48. The molecule has 2 nitrogen and oxygen atoms in total. The Hall–Kier alpha value is -0.800. The SMILES string of the molecule is CCN(CCCCl)c1nc2ccccc2s1. The van der Waals surface area contributed by atoms with Crippen LogP contribution in [0.15, 0.2) is 24.3 Å². The molecule has 0 bridgehead atoms. The Balaban J connectivity index is 2.23. The third-order valence-corrected chi connectivity index (χ3v) is 3.86. The number of alkyl halides is 1. The number of rotatable bonds is 5. The topological polar surface area (TPSA) is 16.1 Å². The van der Waals surface area contributed by atoms with Crippen molar-refractivity contribution in [2.75, 3.05) is 23.9 Å². The van der Waals surface area contributed by atoms with Crippen molar-refractivity contribution in [3.05, 3.63) is 24.3 Å². The molecule has 0 radical (unpaired) electrons. The average molecular weight is 255 g/mol. The quantitative estimate of drug-likeness (QED) is 0.756. The van der Waals surface area contributed by atoms with E-state index in [0.29, 0.717) is 5.88 Å². The monoisotopic (exact) mass is 254 g/mol. The summed E-state index contributed by atoms with van der Waals surface area (Å²) in [4.78, 5) is 6.92. The first-order valence-electron chi connectivity index (χ1n) is 5.51. The molecule has 0 amide bonds. The number of thiazole rings is 1. The van der Waals surface area contributed by atoms with Gasteiger partial charge in [0.1, 0.15) is 0 Å². The third kappa shape index (κ3) is 2.47. The van der Waals surface area contributed by atoms with Gasteiger partial charge in [0.05, 0.1) is 10.2 Å². The third-order valence-electron chi connectivity index (χ3n) is 2.50. The van der Waals surface area contributed by atoms with Gasteiger partial charge in [-0.05, 0) is 25.5 Å². The molecule has 0 unspecified atom stereocenters. The number of para-hydroxylation sites is 1. The Morgan fingerprint density at radius 1 is 1.38 bits per heavy atom. The Labute approximate surface area is 105 Å². The maximum atomic E-state index is 5.73. The second-order valence-corrected chi connectivity index (χ2v) is 4.97. The van der Waals surface area contributed by atoms with Crippen LogP contribution in [0.2, 0.25) is 0 Å². The highest BCUT2D eigenvalue weighted by Gasteiger charge is 2.09. The Kier molecular flexibility index (Phi) is 4.02. The number of benzene rings is 1. The Morgan fingerprint density at radius 2 is 2.19 bits per heavy atom. The number of fused-ring (bicyclic) bond motifs is 1. The fourth-order valence-corrected chi connectivity index (χ4v) is 2.81. The Bertz CT molecular complexity index is 422. The molecule has 2 aromatic rings. The van der Waals surface area contributed by atoms with Gasteiger partial charge >= 0.3 is 0 Å². The molecule has 0 saturated heterocycles. The minimum Gasteiger partial charge on any atom is -0.348 e. The molecule has 0 saturated carbocycles. The normalized spacial score (nSPS) is 10.9. The molecule has 1 aromatic heterocycles. The van der Waals surface area contributed by atoms with Gasteiger partial charge in [-0.2, -0.15) is 0 Å². The van der Waals surface area contributed by atoms with Crippen LogP contribution in [0.5, 0.6) is 0 Å². The largest absolute Gasteiger partial charge is 0.348 e. The summed E-state index contributed by atoms with van der Waals surface area (Å²) in [5, 5.41) is 1.11. The molecule has 86 valence electrons. The lowest BCUT2D eigenvalue weighted by atomic mass is 10.3. The molecule has 1 heterocycles. The zero-order valence-electron chi connectivity index (χ0n) is 9.32. The molecule has 4 heteroatoms. The van der Waals surface area contributed by atoms with E-state index >= 15 is 0 Å². The second-order valence-electron chi connectivity index (χ2n) is 3.59. The number of nitrogens with zero attached hydrogens (tertiary/aromatic N) is 2. The second kappa shape index (κ2) is 5.51. The molecule has 0 aliphatic rings. The standard InChI is InChI=1S/C12H15ClN2S/c1-2-15(9-5-8-13)12-14-10-6-3-4-7-11(10)16-12/h3-4,6-7H,2,5,8-9H2,1H3. The summed E-state index contributed by atoms with van der Waals surface area (Å²) in [6.45, 7) is 4.12. The van der Waals surface area contributed by atoms with E-state index in [1.165, 1.54) is 4.70 Å². The van der Waals surface area contributed by atoms with Crippen LogP contribution in [0, 0.1) is 0 Å². The summed E-state index contributed by atoms with van der Waals surface area (Å²) in [5.41, 5.74) is 1.09. The fraction of sp³-hybridized carbons (Fsp3) is 0.417. The zero-order chi connectivity index (χ0) is 11.4. The molecule has 0 atom stereocenters. The summed E-state index contributed by atoms with van der Waals surface area (Å²) < 4.78 is 1.25. The molecule has 16 heavy (non-hydrogen) atoms. The molecular formula is C12H15ClN2S. The maximum Gasteiger partial charge on any atom is 0.186 e. The van der Waals surface area contributed by atoms with Gasteiger partial charge in [0.2, 0.25) is 0 Å². The van der Waals surface area contributed by atoms with Crippen molar-refractivity contribution in [3.8, 4) is 0 Å². The molecule has 0 spiro atoms. The lowest BCUT2D eigenvalue weighted by molar-refractivity contribution is 0.792. The van der Waals surface area contributed by atoms with Gasteiger partial charge in [-0.3, -0.25) is 0 Å². The van der Waals surface area contributed by atoms with Crippen LogP contribution in [0.1, 0.15) is 13.3 Å². The van der Waals surface area contributed by atoms with Crippen LogP contribution in [-0.4, -0.2) is 24.0 Å². The van der Waals surface area contributed by atoms with Crippen molar-refractivity contribution in [3.63, 3.8) is 0 Å². The van der Waals surface area contributed by atoms with Gasteiger partial charge in [0.15, 0.2) is 5.13 Å². The maximum absolute atomic E-state index is 5.73. The number of anilines is 1. The van der Waals surface area contributed by atoms with Crippen LogP contribution < -0.4 is 4.90 Å². The molecule has 0 aliphatic carbocycles. The van der Waals surface area contributed by atoms with Gasteiger partial charge < -0.3 is 4.90 Å². The van der Waals surface area contributed by atoms with Gasteiger partial charge in [-0.25, -0.2) is 4.98 Å². The van der Waals surface area contributed by atoms with E-state index in [1.54, 1.807) is 11.3 Å². The number of aromatic nitrogens is 1. The molecule has 0 aliphatic heterocycles. The van der Waals surface area contributed by atoms with E-state index in [1.807, 2.05) is 6.07 Å². The summed E-state index contributed by atoms with van der Waals surface area (Å²) in [6, 6.07) is 8.26.